The normalized spacial score (nSPS) is 17.5. The van der Waals surface area contributed by atoms with Crippen LogP contribution in [0.15, 0.2) is 24.3 Å². The highest BCUT2D eigenvalue weighted by molar-refractivity contribution is 6.17. The van der Waals surface area contributed by atoms with Gasteiger partial charge in [0.15, 0.2) is 0 Å². The molecule has 1 fully saturated rings. The number of methoxy groups -OCH3 is 1. The molecule has 0 bridgehead atoms. The number of alkyl halides is 1. The second-order valence-corrected chi connectivity index (χ2v) is 4.14. The zero-order chi connectivity index (χ0) is 11.4. The molecule has 0 atom stereocenters. The maximum atomic E-state index is 5.82. The van der Waals surface area contributed by atoms with Crippen molar-refractivity contribution in [2.45, 2.75) is 0 Å². The summed E-state index contributed by atoms with van der Waals surface area (Å²) in [6.45, 7) is 4.04. The molecule has 1 saturated heterocycles. The predicted molar refractivity (Wildman–Crippen MR) is 67.5 cm³/mol. The fourth-order valence-electron chi connectivity index (χ4n) is 2.00. The van der Waals surface area contributed by atoms with E-state index in [2.05, 4.69) is 15.9 Å². The van der Waals surface area contributed by atoms with Gasteiger partial charge in [0.05, 0.1) is 18.8 Å². The Balaban J connectivity index is 2.07. The van der Waals surface area contributed by atoms with Crippen LogP contribution in [0.4, 0.5) is 5.69 Å². The summed E-state index contributed by atoms with van der Waals surface area (Å²) in [6, 6.07) is 8.78. The van der Waals surface area contributed by atoms with Crippen molar-refractivity contribution in [3.63, 3.8) is 0 Å². The summed E-state index contributed by atoms with van der Waals surface area (Å²) in [4.78, 5) is 4.59. The topological polar surface area (TPSA) is 15.7 Å². The van der Waals surface area contributed by atoms with Crippen molar-refractivity contribution in [3.8, 4) is 5.75 Å². The number of ether oxygens (including phenoxy) is 1. The van der Waals surface area contributed by atoms with E-state index < -0.39 is 0 Å². The first-order valence-corrected chi connectivity index (χ1v) is 6.05. The fraction of sp³-hybridized carbons (Fsp3) is 0.500. The second kappa shape index (κ2) is 5.41. The number of piperazine rings is 1. The smallest absolute Gasteiger partial charge is 0.142 e. The number of benzene rings is 1. The van der Waals surface area contributed by atoms with Crippen LogP contribution in [0.25, 0.3) is 0 Å². The molecule has 4 heteroatoms. The van der Waals surface area contributed by atoms with Gasteiger partial charge in [0, 0.05) is 26.2 Å². The lowest BCUT2D eigenvalue weighted by molar-refractivity contribution is 0.296. The third kappa shape index (κ3) is 2.42. The molecule has 0 aromatic heterocycles. The quantitative estimate of drug-likeness (QED) is 0.594. The van der Waals surface area contributed by atoms with E-state index in [0.717, 1.165) is 31.9 Å². The van der Waals surface area contributed by atoms with Crippen molar-refractivity contribution in [2.75, 3.05) is 44.2 Å². The van der Waals surface area contributed by atoms with Gasteiger partial charge in [0.25, 0.3) is 0 Å². The van der Waals surface area contributed by atoms with Crippen LogP contribution in [0, 0.1) is 0 Å². The molecule has 1 aliphatic heterocycles. The van der Waals surface area contributed by atoms with Gasteiger partial charge in [-0.3, -0.25) is 4.90 Å². The molecule has 0 spiro atoms. The standard InChI is InChI=1S/C12H17ClN2O/c1-16-12-5-3-2-4-11(12)15-8-6-14(10-13)7-9-15/h2-5H,6-10H2,1H3. The summed E-state index contributed by atoms with van der Waals surface area (Å²) in [7, 11) is 1.72. The van der Waals surface area contributed by atoms with Gasteiger partial charge < -0.3 is 9.64 Å². The second-order valence-electron chi connectivity index (χ2n) is 3.90. The third-order valence-electron chi connectivity index (χ3n) is 2.97. The molecule has 0 radical (unpaired) electrons. The Bertz CT molecular complexity index is 338. The molecular formula is C12H17ClN2O. The lowest BCUT2D eigenvalue weighted by Gasteiger charge is -2.35. The Labute approximate surface area is 102 Å². The van der Waals surface area contributed by atoms with E-state index in [0.29, 0.717) is 6.00 Å². The fourth-order valence-corrected chi connectivity index (χ4v) is 2.24. The zero-order valence-electron chi connectivity index (χ0n) is 9.53. The molecule has 16 heavy (non-hydrogen) atoms. The maximum Gasteiger partial charge on any atom is 0.142 e. The Morgan fingerprint density at radius 2 is 1.88 bits per heavy atom. The van der Waals surface area contributed by atoms with Crippen LogP contribution >= 0.6 is 11.6 Å². The van der Waals surface area contributed by atoms with Crippen molar-refractivity contribution in [1.29, 1.82) is 0 Å². The summed E-state index contributed by atoms with van der Waals surface area (Å²) in [5.74, 6) is 0.946. The summed E-state index contributed by atoms with van der Waals surface area (Å²) < 4.78 is 5.37. The van der Waals surface area contributed by atoms with Crippen molar-refractivity contribution < 1.29 is 4.74 Å². The molecule has 1 heterocycles. The molecule has 1 aromatic carbocycles. The van der Waals surface area contributed by atoms with Crippen LogP contribution in [0.3, 0.4) is 0 Å². The highest BCUT2D eigenvalue weighted by atomic mass is 35.5. The summed E-state index contributed by atoms with van der Waals surface area (Å²) >= 11 is 5.82. The number of halogens is 1. The molecule has 1 aliphatic rings. The monoisotopic (exact) mass is 240 g/mol. The minimum Gasteiger partial charge on any atom is -0.495 e. The van der Waals surface area contributed by atoms with Crippen LogP contribution in [-0.2, 0) is 0 Å². The minimum atomic E-state index is 0.625. The Hall–Kier alpha value is -0.930. The van der Waals surface area contributed by atoms with Gasteiger partial charge in [0.2, 0.25) is 0 Å². The van der Waals surface area contributed by atoms with Crippen LogP contribution in [0.1, 0.15) is 0 Å². The molecule has 1 aromatic rings. The van der Waals surface area contributed by atoms with E-state index in [9.17, 15) is 0 Å². The lowest BCUT2D eigenvalue weighted by Crippen LogP contribution is -2.45. The first-order chi connectivity index (χ1) is 7.85. The van der Waals surface area contributed by atoms with Crippen molar-refractivity contribution in [3.05, 3.63) is 24.3 Å². The first kappa shape index (κ1) is 11.6. The van der Waals surface area contributed by atoms with Crippen LogP contribution in [-0.4, -0.2) is 44.2 Å². The highest BCUT2D eigenvalue weighted by Gasteiger charge is 2.18. The zero-order valence-corrected chi connectivity index (χ0v) is 10.3. The molecule has 0 amide bonds. The van der Waals surface area contributed by atoms with E-state index in [1.54, 1.807) is 7.11 Å². The van der Waals surface area contributed by atoms with Gasteiger partial charge in [-0.25, -0.2) is 0 Å². The van der Waals surface area contributed by atoms with Crippen molar-refractivity contribution >= 4 is 17.3 Å². The molecule has 0 unspecified atom stereocenters. The van der Waals surface area contributed by atoms with E-state index in [1.807, 2.05) is 18.2 Å². The largest absolute Gasteiger partial charge is 0.495 e. The minimum absolute atomic E-state index is 0.625. The van der Waals surface area contributed by atoms with E-state index in [4.69, 9.17) is 16.3 Å². The summed E-state index contributed by atoms with van der Waals surface area (Å²) in [5.41, 5.74) is 1.18. The van der Waals surface area contributed by atoms with E-state index >= 15 is 0 Å². The van der Waals surface area contributed by atoms with Gasteiger partial charge >= 0.3 is 0 Å². The predicted octanol–water partition coefficient (Wildman–Crippen LogP) is 2.01. The van der Waals surface area contributed by atoms with Crippen LogP contribution in [0.2, 0.25) is 0 Å². The molecule has 0 N–H and O–H groups in total. The first-order valence-electron chi connectivity index (χ1n) is 5.51. The number of hydrogen-bond acceptors (Lipinski definition) is 3. The van der Waals surface area contributed by atoms with Gasteiger partial charge in [-0.2, -0.15) is 0 Å². The molecule has 88 valence electrons. The summed E-state index contributed by atoms with van der Waals surface area (Å²) in [6.07, 6.45) is 0. The van der Waals surface area contributed by atoms with Gasteiger partial charge in [-0.1, -0.05) is 12.1 Å². The molecule has 0 aliphatic carbocycles. The van der Waals surface area contributed by atoms with Gasteiger partial charge in [-0.05, 0) is 12.1 Å². The van der Waals surface area contributed by atoms with Crippen molar-refractivity contribution in [1.82, 2.24) is 4.90 Å². The maximum absolute atomic E-state index is 5.82. The van der Waals surface area contributed by atoms with Crippen molar-refractivity contribution in [2.24, 2.45) is 0 Å². The van der Waals surface area contributed by atoms with Gasteiger partial charge in [0.1, 0.15) is 5.75 Å². The Kier molecular flexibility index (Phi) is 3.91. The number of rotatable bonds is 3. The number of nitrogens with zero attached hydrogens (tertiary/aromatic N) is 2. The average molecular weight is 241 g/mol. The van der Waals surface area contributed by atoms with Gasteiger partial charge in [-0.15, -0.1) is 11.6 Å². The lowest BCUT2D eigenvalue weighted by atomic mass is 10.2. The molecule has 3 nitrogen and oxygen atoms in total. The molecule has 0 saturated carbocycles. The Morgan fingerprint density at radius 1 is 1.19 bits per heavy atom. The highest BCUT2D eigenvalue weighted by Crippen LogP contribution is 2.28. The van der Waals surface area contributed by atoms with E-state index in [1.165, 1.54) is 5.69 Å². The number of anilines is 1. The average Bonchev–Trinajstić information content (AvgIpc) is 2.39. The van der Waals surface area contributed by atoms with Crippen LogP contribution < -0.4 is 9.64 Å². The van der Waals surface area contributed by atoms with E-state index in [-0.39, 0.29) is 0 Å². The Morgan fingerprint density at radius 3 is 2.50 bits per heavy atom. The number of para-hydroxylation sites is 2. The number of hydrogen-bond donors (Lipinski definition) is 0. The third-order valence-corrected chi connectivity index (χ3v) is 3.31. The van der Waals surface area contributed by atoms with Crippen LogP contribution in [0.5, 0.6) is 5.75 Å². The SMILES string of the molecule is COc1ccccc1N1CCN(CCl)CC1. The molecule has 2 rings (SSSR count). The molecular weight excluding hydrogens is 224 g/mol. The summed E-state index contributed by atoms with van der Waals surface area (Å²) in [5, 5.41) is 0.